The number of aliphatic hydroxyl groups excluding tert-OH is 1. The van der Waals surface area contributed by atoms with Gasteiger partial charge in [-0.25, -0.2) is 9.97 Å². The summed E-state index contributed by atoms with van der Waals surface area (Å²) in [5, 5.41) is 13.2. The number of benzene rings is 1. The third-order valence-electron chi connectivity index (χ3n) is 6.24. The van der Waals surface area contributed by atoms with Crippen molar-refractivity contribution >= 4 is 34.4 Å². The van der Waals surface area contributed by atoms with Crippen molar-refractivity contribution in [3.8, 4) is 10.6 Å². The molecule has 1 aliphatic carbocycles. The van der Waals surface area contributed by atoms with Gasteiger partial charge in [0.2, 0.25) is 0 Å². The number of carbonyl (C=O) groups is 1. The first-order valence-electron chi connectivity index (χ1n) is 11.2. The Labute approximate surface area is 207 Å². The van der Waals surface area contributed by atoms with E-state index in [1.54, 1.807) is 6.20 Å². The normalized spacial score (nSPS) is 16.7. The average molecular weight is 497 g/mol. The number of halogens is 1. The van der Waals surface area contributed by atoms with Gasteiger partial charge >= 0.3 is 0 Å². The fourth-order valence-electron chi connectivity index (χ4n) is 4.40. The zero-order chi connectivity index (χ0) is 23.7. The lowest BCUT2D eigenvalue weighted by atomic mass is 9.93. The summed E-state index contributed by atoms with van der Waals surface area (Å²) in [6, 6.07) is 7.48. The van der Waals surface area contributed by atoms with E-state index >= 15 is 0 Å². The van der Waals surface area contributed by atoms with E-state index in [0.29, 0.717) is 29.7 Å². The minimum atomic E-state index is -0.0448. The number of carbonyl (C=O) groups excluding carboxylic acids is 1. The molecule has 0 saturated carbocycles. The molecule has 0 unspecified atom stereocenters. The van der Waals surface area contributed by atoms with Crippen LogP contribution in [0.15, 0.2) is 57.6 Å². The number of rotatable bonds is 5. The van der Waals surface area contributed by atoms with E-state index < -0.39 is 0 Å². The van der Waals surface area contributed by atoms with Crippen molar-refractivity contribution in [3.63, 3.8) is 0 Å². The molecule has 9 heteroatoms. The van der Waals surface area contributed by atoms with E-state index in [2.05, 4.69) is 20.9 Å². The zero-order valence-electron chi connectivity index (χ0n) is 18.8. The molecule has 176 valence electrons. The largest absolute Gasteiger partial charge is 0.441 e. The van der Waals surface area contributed by atoms with Gasteiger partial charge in [0, 0.05) is 60.3 Å². The molecule has 1 aromatic carbocycles. The van der Waals surface area contributed by atoms with Crippen LogP contribution in [0.5, 0.6) is 0 Å². The molecule has 1 N–H and O–H groups in total. The second-order valence-corrected chi connectivity index (χ2v) is 9.66. The van der Waals surface area contributed by atoms with E-state index in [9.17, 15) is 9.90 Å². The maximum absolute atomic E-state index is 13.0. The molecule has 0 atom stereocenters. The van der Waals surface area contributed by atoms with Crippen LogP contribution in [-0.4, -0.2) is 63.6 Å². The minimum absolute atomic E-state index is 0.0346. The average Bonchev–Trinajstić information content (AvgIpc) is 3.53. The first kappa shape index (κ1) is 22.8. The molecule has 3 heterocycles. The number of hydrogen-bond acceptors (Lipinski definition) is 7. The molecular weight excluding hydrogens is 472 g/mol. The van der Waals surface area contributed by atoms with Gasteiger partial charge in [-0.2, -0.15) is 0 Å². The number of thiazole rings is 1. The molecule has 34 heavy (non-hydrogen) atoms. The second kappa shape index (κ2) is 9.74. The zero-order valence-corrected chi connectivity index (χ0v) is 20.4. The molecule has 1 aliphatic heterocycles. The summed E-state index contributed by atoms with van der Waals surface area (Å²) in [6.45, 7) is 4.55. The van der Waals surface area contributed by atoms with Gasteiger partial charge in [0.05, 0.1) is 12.8 Å². The van der Waals surface area contributed by atoms with Crippen LogP contribution in [0, 0.1) is 6.92 Å². The van der Waals surface area contributed by atoms with E-state index in [1.165, 1.54) is 17.0 Å². The number of hydrogen-bond donors (Lipinski definition) is 1. The number of amides is 1. The number of oxazole rings is 1. The summed E-state index contributed by atoms with van der Waals surface area (Å²) in [7, 11) is 0. The maximum Gasteiger partial charge on any atom is 0.273 e. The molecule has 3 aromatic rings. The Morgan fingerprint density at radius 3 is 2.62 bits per heavy atom. The van der Waals surface area contributed by atoms with Gasteiger partial charge < -0.3 is 19.3 Å². The van der Waals surface area contributed by atoms with E-state index in [-0.39, 0.29) is 12.5 Å². The summed E-state index contributed by atoms with van der Waals surface area (Å²) >= 11 is 7.43. The molecular formula is C25H25ClN4O3S. The van der Waals surface area contributed by atoms with Crippen molar-refractivity contribution in [2.45, 2.75) is 19.8 Å². The fourth-order valence-corrected chi connectivity index (χ4v) is 5.33. The maximum atomic E-state index is 13.0. The number of nitrogens with zero attached hydrogens (tertiary/aromatic N) is 4. The highest BCUT2D eigenvalue weighted by Gasteiger charge is 2.27. The predicted molar refractivity (Wildman–Crippen MR) is 133 cm³/mol. The fraction of sp³-hybridized carbons (Fsp3) is 0.320. The van der Waals surface area contributed by atoms with Crippen LogP contribution in [0.4, 0.5) is 0 Å². The van der Waals surface area contributed by atoms with Crippen LogP contribution in [0.25, 0.3) is 16.1 Å². The molecule has 1 fully saturated rings. The Hall–Kier alpha value is -2.94. The van der Waals surface area contributed by atoms with Crippen molar-refractivity contribution < 1.29 is 14.3 Å². The van der Waals surface area contributed by atoms with Gasteiger partial charge in [0.15, 0.2) is 11.7 Å². The molecule has 2 aromatic heterocycles. The number of aryl methyl sites for hydroxylation is 1. The molecule has 0 bridgehead atoms. The lowest BCUT2D eigenvalue weighted by Crippen LogP contribution is -2.48. The molecule has 1 saturated heterocycles. The van der Waals surface area contributed by atoms with Crippen molar-refractivity contribution in [2.24, 2.45) is 0 Å². The van der Waals surface area contributed by atoms with E-state index in [0.717, 1.165) is 53.4 Å². The van der Waals surface area contributed by atoms with E-state index in [1.807, 2.05) is 41.5 Å². The Morgan fingerprint density at radius 2 is 1.94 bits per heavy atom. The van der Waals surface area contributed by atoms with Crippen molar-refractivity contribution in [2.75, 3.05) is 32.8 Å². The molecule has 0 spiro atoms. The van der Waals surface area contributed by atoms with Gasteiger partial charge in [-0.15, -0.1) is 11.3 Å². The topological polar surface area (TPSA) is 82.7 Å². The van der Waals surface area contributed by atoms with Crippen molar-refractivity contribution in [1.29, 1.82) is 0 Å². The van der Waals surface area contributed by atoms with Crippen LogP contribution in [-0.2, 0) is 0 Å². The quantitative estimate of drug-likeness (QED) is 0.554. The first-order valence-corrected chi connectivity index (χ1v) is 12.5. The van der Waals surface area contributed by atoms with Crippen LogP contribution in [0.1, 0.15) is 35.0 Å². The molecule has 2 aliphatic rings. The number of allylic oxidation sites excluding steroid dienone is 2. The highest BCUT2D eigenvalue weighted by atomic mass is 35.5. The van der Waals surface area contributed by atoms with Crippen LogP contribution in [0.3, 0.4) is 0 Å². The van der Waals surface area contributed by atoms with Crippen LogP contribution >= 0.6 is 22.9 Å². The number of aromatic nitrogens is 2. The highest BCUT2D eigenvalue weighted by molar-refractivity contribution is 7.13. The van der Waals surface area contributed by atoms with Crippen molar-refractivity contribution in [3.05, 3.63) is 75.6 Å². The Kier molecular flexibility index (Phi) is 6.54. The summed E-state index contributed by atoms with van der Waals surface area (Å²) in [5.74, 6) is 1.32. The Morgan fingerprint density at radius 1 is 1.18 bits per heavy atom. The third-order valence-corrected chi connectivity index (χ3v) is 7.38. The minimum Gasteiger partial charge on any atom is -0.441 e. The van der Waals surface area contributed by atoms with Gasteiger partial charge in [-0.3, -0.25) is 4.79 Å². The van der Waals surface area contributed by atoms with Crippen molar-refractivity contribution in [1.82, 2.24) is 19.8 Å². The number of piperazine rings is 1. The molecule has 7 nitrogen and oxygen atoms in total. The lowest BCUT2D eigenvalue weighted by molar-refractivity contribution is 0.0661. The van der Waals surface area contributed by atoms with Gasteiger partial charge in [0.25, 0.3) is 5.91 Å². The summed E-state index contributed by atoms with van der Waals surface area (Å²) in [4.78, 5) is 26.0. The molecule has 0 radical (unpaired) electrons. The smallest absolute Gasteiger partial charge is 0.273 e. The van der Waals surface area contributed by atoms with Gasteiger partial charge in [0.1, 0.15) is 10.7 Å². The predicted octanol–water partition coefficient (Wildman–Crippen LogP) is 4.64. The second-order valence-electron chi connectivity index (χ2n) is 8.37. The van der Waals surface area contributed by atoms with Crippen LogP contribution < -0.4 is 0 Å². The van der Waals surface area contributed by atoms with Crippen LogP contribution in [0.2, 0.25) is 5.02 Å². The molecule has 1 amide bonds. The Balaban J connectivity index is 1.23. The monoisotopic (exact) mass is 496 g/mol. The van der Waals surface area contributed by atoms with Gasteiger partial charge in [-0.05, 0) is 36.6 Å². The summed E-state index contributed by atoms with van der Waals surface area (Å²) < 4.78 is 5.68. The summed E-state index contributed by atoms with van der Waals surface area (Å²) in [6.07, 6.45) is 5.44. The number of aliphatic hydroxyl groups is 1. The summed E-state index contributed by atoms with van der Waals surface area (Å²) in [5.41, 5.74) is 4.51. The Bertz CT molecular complexity index is 1250. The standard InChI is InChI=1S/C25H25ClN4O3S/c1-16-27-13-23(33-16)21-7-6-20(12-18(21)14-31)29-8-10-30(11-9-29)25(32)22-15-34-24(28-22)17-2-4-19(26)5-3-17/h2-5,12-13,15,31H,6-11,14H2,1H3. The first-order chi connectivity index (χ1) is 16.5. The highest BCUT2D eigenvalue weighted by Crippen LogP contribution is 2.33. The molecule has 5 rings (SSSR count). The SMILES string of the molecule is Cc1ncc(C2=C(CO)C=C(N3CCN(C(=O)c4csc(-c5ccc(Cl)cc5)n4)CC3)CC2)o1. The van der Waals surface area contributed by atoms with Gasteiger partial charge in [-0.1, -0.05) is 23.7 Å². The third kappa shape index (κ3) is 4.66. The van der Waals surface area contributed by atoms with E-state index in [4.69, 9.17) is 16.0 Å². The lowest BCUT2D eigenvalue weighted by Gasteiger charge is -2.38.